The zero-order valence-corrected chi connectivity index (χ0v) is 7.99. The molecule has 0 spiro atoms. The molecule has 0 radical (unpaired) electrons. The quantitative estimate of drug-likeness (QED) is 0.511. The highest BCUT2D eigenvalue weighted by Crippen LogP contribution is 2.01. The highest BCUT2D eigenvalue weighted by molar-refractivity contribution is 5.93. The smallest absolute Gasteiger partial charge is 0.312 e. The van der Waals surface area contributed by atoms with Crippen molar-refractivity contribution in [1.29, 1.82) is 0 Å². The summed E-state index contributed by atoms with van der Waals surface area (Å²) in [6, 6.07) is 0.00449. The minimum Gasteiger partial charge on any atom is -0.481 e. The largest absolute Gasteiger partial charge is 0.481 e. The lowest BCUT2D eigenvalue weighted by molar-refractivity contribution is -0.144. The van der Waals surface area contributed by atoms with Gasteiger partial charge in [-0.2, -0.15) is 0 Å². The molecule has 0 aliphatic carbocycles. The number of aliphatic carboxylic acids is 1. The van der Waals surface area contributed by atoms with E-state index < -0.39 is 12.4 Å². The van der Waals surface area contributed by atoms with Crippen LogP contribution in [-0.2, 0) is 9.59 Å². The van der Waals surface area contributed by atoms with Crippen molar-refractivity contribution >= 4 is 11.9 Å². The molecular weight excluding hydrogens is 170 g/mol. The minimum atomic E-state index is -1.10. The van der Waals surface area contributed by atoms with Crippen LogP contribution in [0.2, 0.25) is 0 Å². The molecule has 1 N–H and O–H groups in total. The summed E-state index contributed by atoms with van der Waals surface area (Å²) in [6.07, 6.45) is 1.13. The first-order valence-electron chi connectivity index (χ1n) is 4.11. The Bertz CT molecular complexity index is 211. The van der Waals surface area contributed by atoms with Crippen molar-refractivity contribution in [3.63, 3.8) is 0 Å². The number of carbonyl (C=O) groups is 2. The number of carbonyl (C=O) groups excluding carboxylic acids is 1. The topological polar surface area (TPSA) is 57.6 Å². The van der Waals surface area contributed by atoms with E-state index in [0.717, 1.165) is 0 Å². The third kappa shape index (κ3) is 4.30. The number of rotatable bonds is 5. The number of amides is 1. The molecule has 4 nitrogen and oxygen atoms in total. The maximum absolute atomic E-state index is 11.3. The predicted molar refractivity (Wildman–Crippen MR) is 49.3 cm³/mol. The summed E-state index contributed by atoms with van der Waals surface area (Å²) in [5.74, 6) is -1.47. The van der Waals surface area contributed by atoms with Crippen LogP contribution in [0.4, 0.5) is 0 Å². The number of carboxylic acid groups (broad SMARTS) is 1. The molecule has 0 fully saturated rings. The van der Waals surface area contributed by atoms with Crippen LogP contribution in [0.5, 0.6) is 0 Å². The molecule has 0 aromatic carbocycles. The van der Waals surface area contributed by atoms with E-state index in [1.165, 1.54) is 4.90 Å². The number of hydrogen-bond donors (Lipinski definition) is 1. The molecule has 0 bridgehead atoms. The maximum atomic E-state index is 11.3. The standard InChI is InChI=1S/C9H15NO3/c1-4-5-10(7(2)3)8(11)6-9(12)13/h4,7H,1,5-6H2,2-3H3,(H,12,13). The first-order valence-corrected chi connectivity index (χ1v) is 4.11. The van der Waals surface area contributed by atoms with Crippen LogP contribution in [0.15, 0.2) is 12.7 Å². The third-order valence-electron chi connectivity index (χ3n) is 1.57. The summed E-state index contributed by atoms with van der Waals surface area (Å²) in [5.41, 5.74) is 0. The molecule has 0 unspecified atom stereocenters. The van der Waals surface area contributed by atoms with Crippen LogP contribution in [0.25, 0.3) is 0 Å². The van der Waals surface area contributed by atoms with Crippen LogP contribution in [-0.4, -0.2) is 34.5 Å². The molecule has 13 heavy (non-hydrogen) atoms. The van der Waals surface area contributed by atoms with Crippen LogP contribution in [0.3, 0.4) is 0 Å². The minimum absolute atomic E-state index is 0.00449. The molecular formula is C9H15NO3. The summed E-state index contributed by atoms with van der Waals surface area (Å²) in [5, 5.41) is 8.41. The van der Waals surface area contributed by atoms with E-state index in [-0.39, 0.29) is 11.9 Å². The molecule has 0 atom stereocenters. The van der Waals surface area contributed by atoms with E-state index in [2.05, 4.69) is 6.58 Å². The summed E-state index contributed by atoms with van der Waals surface area (Å²) in [7, 11) is 0. The van der Waals surface area contributed by atoms with Crippen molar-refractivity contribution in [2.45, 2.75) is 26.3 Å². The van der Waals surface area contributed by atoms with Gasteiger partial charge in [0.05, 0.1) is 0 Å². The van der Waals surface area contributed by atoms with Crippen LogP contribution < -0.4 is 0 Å². The summed E-state index contributed by atoms with van der Waals surface area (Å²) in [4.78, 5) is 23.0. The van der Waals surface area contributed by atoms with Gasteiger partial charge in [-0.15, -0.1) is 6.58 Å². The van der Waals surface area contributed by atoms with E-state index in [1.807, 2.05) is 13.8 Å². The number of hydrogen-bond acceptors (Lipinski definition) is 2. The molecule has 0 aromatic heterocycles. The summed E-state index contributed by atoms with van der Waals surface area (Å²) in [6.45, 7) is 7.57. The van der Waals surface area contributed by atoms with Gasteiger partial charge >= 0.3 is 5.97 Å². The van der Waals surface area contributed by atoms with Gasteiger partial charge in [-0.25, -0.2) is 0 Å². The van der Waals surface area contributed by atoms with Crippen molar-refractivity contribution in [3.8, 4) is 0 Å². The molecule has 74 valence electrons. The maximum Gasteiger partial charge on any atom is 0.312 e. The molecule has 1 amide bonds. The Labute approximate surface area is 77.8 Å². The fourth-order valence-electron chi connectivity index (χ4n) is 0.971. The fraction of sp³-hybridized carbons (Fsp3) is 0.556. The van der Waals surface area contributed by atoms with Gasteiger partial charge in [0, 0.05) is 12.6 Å². The molecule has 0 rings (SSSR count). The van der Waals surface area contributed by atoms with Crippen molar-refractivity contribution in [1.82, 2.24) is 4.90 Å². The van der Waals surface area contributed by atoms with E-state index in [0.29, 0.717) is 6.54 Å². The third-order valence-corrected chi connectivity index (χ3v) is 1.57. The Hall–Kier alpha value is -1.32. The lowest BCUT2D eigenvalue weighted by Crippen LogP contribution is -2.38. The SMILES string of the molecule is C=CCN(C(=O)CC(=O)O)C(C)C. The first kappa shape index (κ1) is 11.7. The Balaban J connectivity index is 4.27. The predicted octanol–water partition coefficient (Wildman–Crippen LogP) is 0.884. The van der Waals surface area contributed by atoms with E-state index in [1.54, 1.807) is 6.08 Å². The average Bonchev–Trinajstić information content (AvgIpc) is 1.97. The van der Waals surface area contributed by atoms with Crippen molar-refractivity contribution in [3.05, 3.63) is 12.7 Å². The second kappa shape index (κ2) is 5.35. The van der Waals surface area contributed by atoms with Crippen LogP contribution >= 0.6 is 0 Å². The number of carboxylic acids is 1. The van der Waals surface area contributed by atoms with Gasteiger partial charge in [0.25, 0.3) is 0 Å². The molecule has 0 saturated carbocycles. The van der Waals surface area contributed by atoms with Crippen molar-refractivity contribution in [2.24, 2.45) is 0 Å². The first-order chi connectivity index (χ1) is 5.99. The zero-order valence-electron chi connectivity index (χ0n) is 7.99. The van der Waals surface area contributed by atoms with Gasteiger partial charge < -0.3 is 10.0 Å². The monoisotopic (exact) mass is 185 g/mol. The lowest BCUT2D eigenvalue weighted by Gasteiger charge is -2.24. The Morgan fingerprint density at radius 3 is 2.38 bits per heavy atom. The fourth-order valence-corrected chi connectivity index (χ4v) is 0.971. The van der Waals surface area contributed by atoms with Gasteiger partial charge in [-0.3, -0.25) is 9.59 Å². The molecule has 0 aliphatic heterocycles. The van der Waals surface area contributed by atoms with E-state index >= 15 is 0 Å². The van der Waals surface area contributed by atoms with E-state index in [4.69, 9.17) is 5.11 Å². The van der Waals surface area contributed by atoms with Gasteiger partial charge in [0.15, 0.2) is 0 Å². The Kier molecular flexibility index (Phi) is 4.80. The van der Waals surface area contributed by atoms with Gasteiger partial charge in [-0.05, 0) is 13.8 Å². The Morgan fingerprint density at radius 1 is 1.54 bits per heavy atom. The lowest BCUT2D eigenvalue weighted by atomic mass is 10.2. The molecule has 0 saturated heterocycles. The van der Waals surface area contributed by atoms with Gasteiger partial charge in [0.2, 0.25) is 5.91 Å². The van der Waals surface area contributed by atoms with Crippen molar-refractivity contribution in [2.75, 3.05) is 6.54 Å². The van der Waals surface area contributed by atoms with Crippen LogP contribution in [0.1, 0.15) is 20.3 Å². The zero-order chi connectivity index (χ0) is 10.4. The van der Waals surface area contributed by atoms with Gasteiger partial charge in [-0.1, -0.05) is 6.08 Å². The summed E-state index contributed by atoms with van der Waals surface area (Å²) >= 11 is 0. The highest BCUT2D eigenvalue weighted by atomic mass is 16.4. The Morgan fingerprint density at radius 2 is 2.08 bits per heavy atom. The summed E-state index contributed by atoms with van der Waals surface area (Å²) < 4.78 is 0. The van der Waals surface area contributed by atoms with Gasteiger partial charge in [0.1, 0.15) is 6.42 Å². The van der Waals surface area contributed by atoms with Crippen LogP contribution in [0, 0.1) is 0 Å². The van der Waals surface area contributed by atoms with E-state index in [9.17, 15) is 9.59 Å². The average molecular weight is 185 g/mol. The molecule has 4 heteroatoms. The highest BCUT2D eigenvalue weighted by Gasteiger charge is 2.17. The van der Waals surface area contributed by atoms with Crippen molar-refractivity contribution < 1.29 is 14.7 Å². The normalized spacial score (nSPS) is 9.77. The second-order valence-electron chi connectivity index (χ2n) is 3.00. The number of nitrogens with zero attached hydrogens (tertiary/aromatic N) is 1. The molecule has 0 heterocycles. The second-order valence-corrected chi connectivity index (χ2v) is 3.00. The molecule has 0 aliphatic rings. The molecule has 0 aromatic rings.